The summed E-state index contributed by atoms with van der Waals surface area (Å²) in [5.41, 5.74) is 2.89. The van der Waals surface area contributed by atoms with Gasteiger partial charge in [0.2, 0.25) is 0 Å². The van der Waals surface area contributed by atoms with Crippen molar-refractivity contribution in [3.63, 3.8) is 0 Å². The molecule has 1 N–H and O–H groups in total. The third kappa shape index (κ3) is 3.01. The fourth-order valence-corrected chi connectivity index (χ4v) is 3.70. The lowest BCUT2D eigenvalue weighted by Gasteiger charge is -2.24. The number of ether oxygens (including phenoxy) is 1. The third-order valence-corrected chi connectivity index (χ3v) is 4.67. The van der Waals surface area contributed by atoms with E-state index in [0.717, 1.165) is 24.7 Å². The molecule has 2 nitrogen and oxygen atoms in total. The summed E-state index contributed by atoms with van der Waals surface area (Å²) in [6.45, 7) is 8.29. The first kappa shape index (κ1) is 13.8. The molecule has 1 heterocycles. The number of thioether (sulfide) groups is 1. The average molecular weight is 265 g/mol. The van der Waals surface area contributed by atoms with Crippen molar-refractivity contribution in [3.05, 3.63) is 29.3 Å². The highest BCUT2D eigenvalue weighted by Crippen LogP contribution is 2.36. The fraction of sp³-hybridized carbons (Fsp3) is 0.600. The van der Waals surface area contributed by atoms with E-state index in [1.807, 2.05) is 18.7 Å². The number of fused-ring (bicyclic) bond motifs is 1. The smallest absolute Gasteiger partial charge is 0.119 e. The third-order valence-electron chi connectivity index (χ3n) is 3.39. The number of benzene rings is 1. The van der Waals surface area contributed by atoms with E-state index in [1.165, 1.54) is 16.9 Å². The molecule has 1 aliphatic heterocycles. The van der Waals surface area contributed by atoms with Crippen molar-refractivity contribution in [2.45, 2.75) is 32.6 Å². The number of nitrogens with one attached hydrogen (secondary N) is 1. The summed E-state index contributed by atoms with van der Waals surface area (Å²) >= 11 is 2.03. The molecule has 0 bridgehead atoms. The summed E-state index contributed by atoms with van der Waals surface area (Å²) in [6.07, 6.45) is 0. The van der Waals surface area contributed by atoms with Crippen molar-refractivity contribution in [2.75, 3.05) is 18.9 Å². The maximum Gasteiger partial charge on any atom is 0.119 e. The second kappa shape index (κ2) is 6.48. The van der Waals surface area contributed by atoms with E-state index in [1.54, 1.807) is 0 Å². The van der Waals surface area contributed by atoms with E-state index >= 15 is 0 Å². The van der Waals surface area contributed by atoms with E-state index in [2.05, 4.69) is 37.4 Å². The van der Waals surface area contributed by atoms with Crippen LogP contribution in [0.15, 0.2) is 18.2 Å². The van der Waals surface area contributed by atoms with Crippen molar-refractivity contribution >= 4 is 11.8 Å². The lowest BCUT2D eigenvalue weighted by atomic mass is 9.92. The number of hydrogen-bond donors (Lipinski definition) is 1. The van der Waals surface area contributed by atoms with Crippen LogP contribution in [0.5, 0.6) is 5.75 Å². The van der Waals surface area contributed by atoms with Crippen LogP contribution in [0.3, 0.4) is 0 Å². The number of rotatable bonds is 4. The maximum absolute atomic E-state index is 5.64. The Hall–Kier alpha value is -0.670. The maximum atomic E-state index is 5.64. The van der Waals surface area contributed by atoms with Gasteiger partial charge in [0.15, 0.2) is 0 Å². The Morgan fingerprint density at radius 1 is 1.39 bits per heavy atom. The van der Waals surface area contributed by atoms with Gasteiger partial charge in [-0.2, -0.15) is 11.8 Å². The van der Waals surface area contributed by atoms with Crippen molar-refractivity contribution < 1.29 is 4.74 Å². The summed E-state index contributed by atoms with van der Waals surface area (Å²) in [7, 11) is 0. The molecule has 2 atom stereocenters. The van der Waals surface area contributed by atoms with Crippen LogP contribution < -0.4 is 10.1 Å². The first-order chi connectivity index (χ1) is 8.76. The molecule has 18 heavy (non-hydrogen) atoms. The normalized spacial score (nSPS) is 23.3. The Morgan fingerprint density at radius 2 is 2.22 bits per heavy atom. The molecule has 2 unspecified atom stereocenters. The zero-order valence-electron chi connectivity index (χ0n) is 11.5. The highest BCUT2D eigenvalue weighted by molar-refractivity contribution is 7.98. The minimum absolute atomic E-state index is 0.459. The molecule has 0 amide bonds. The zero-order chi connectivity index (χ0) is 13.0. The Balaban J connectivity index is 2.34. The summed E-state index contributed by atoms with van der Waals surface area (Å²) in [6, 6.07) is 7.02. The van der Waals surface area contributed by atoms with Gasteiger partial charge in [0, 0.05) is 11.8 Å². The SMILES string of the molecule is CCNC1c2cc(OCC)ccc2CSCC1C. The van der Waals surface area contributed by atoms with Crippen LogP contribution in [0.4, 0.5) is 0 Å². The first-order valence-electron chi connectivity index (χ1n) is 6.83. The molecular weight excluding hydrogens is 242 g/mol. The van der Waals surface area contributed by atoms with Crippen molar-refractivity contribution in [2.24, 2.45) is 5.92 Å². The largest absolute Gasteiger partial charge is 0.494 e. The van der Waals surface area contributed by atoms with Crippen LogP contribution in [-0.2, 0) is 5.75 Å². The molecule has 3 heteroatoms. The van der Waals surface area contributed by atoms with Gasteiger partial charge in [0.05, 0.1) is 6.61 Å². The predicted molar refractivity (Wildman–Crippen MR) is 79.4 cm³/mol. The second-order valence-electron chi connectivity index (χ2n) is 4.82. The highest BCUT2D eigenvalue weighted by atomic mass is 32.2. The van der Waals surface area contributed by atoms with Crippen molar-refractivity contribution in [1.82, 2.24) is 5.32 Å². The van der Waals surface area contributed by atoms with E-state index in [0.29, 0.717) is 12.0 Å². The first-order valence-corrected chi connectivity index (χ1v) is 7.98. The van der Waals surface area contributed by atoms with Gasteiger partial charge in [-0.1, -0.05) is 19.9 Å². The van der Waals surface area contributed by atoms with Crippen LogP contribution in [0.1, 0.15) is 37.9 Å². The molecule has 0 fully saturated rings. The van der Waals surface area contributed by atoms with Gasteiger partial charge in [-0.3, -0.25) is 0 Å². The van der Waals surface area contributed by atoms with Crippen LogP contribution >= 0.6 is 11.8 Å². The highest BCUT2D eigenvalue weighted by Gasteiger charge is 2.24. The molecule has 1 aliphatic rings. The monoisotopic (exact) mass is 265 g/mol. The second-order valence-corrected chi connectivity index (χ2v) is 5.85. The molecule has 1 aromatic rings. The van der Waals surface area contributed by atoms with Crippen molar-refractivity contribution in [3.8, 4) is 5.75 Å². The molecular formula is C15H23NOS. The zero-order valence-corrected chi connectivity index (χ0v) is 12.3. The van der Waals surface area contributed by atoms with Gasteiger partial charge in [0.25, 0.3) is 0 Å². The standard InChI is InChI=1S/C15H23NOS/c1-4-16-15-11(3)9-18-10-12-6-7-13(17-5-2)8-14(12)15/h6-8,11,15-16H,4-5,9-10H2,1-3H3. The number of hydrogen-bond acceptors (Lipinski definition) is 3. The summed E-state index contributed by atoms with van der Waals surface area (Å²) in [5, 5.41) is 3.63. The van der Waals surface area contributed by atoms with Crippen molar-refractivity contribution in [1.29, 1.82) is 0 Å². The molecule has 0 saturated carbocycles. The van der Waals surface area contributed by atoms with E-state index in [9.17, 15) is 0 Å². The Kier molecular flexibility index (Phi) is 4.95. The predicted octanol–water partition coefficient (Wildman–Crippen LogP) is 3.62. The Labute approximate surface area is 114 Å². The lowest BCUT2D eigenvalue weighted by molar-refractivity contribution is 0.338. The quantitative estimate of drug-likeness (QED) is 0.898. The van der Waals surface area contributed by atoms with Gasteiger partial charge in [-0.25, -0.2) is 0 Å². The molecule has 0 aliphatic carbocycles. The summed E-state index contributed by atoms with van der Waals surface area (Å²) < 4.78 is 5.64. The van der Waals surface area contributed by atoms with Gasteiger partial charge in [-0.05, 0) is 48.4 Å². The van der Waals surface area contributed by atoms with E-state index in [4.69, 9.17) is 4.74 Å². The Bertz CT molecular complexity index is 394. The van der Waals surface area contributed by atoms with Gasteiger partial charge < -0.3 is 10.1 Å². The Morgan fingerprint density at radius 3 is 2.94 bits per heavy atom. The molecule has 0 saturated heterocycles. The molecule has 2 rings (SSSR count). The van der Waals surface area contributed by atoms with Crippen LogP contribution in [0.2, 0.25) is 0 Å². The van der Waals surface area contributed by atoms with Gasteiger partial charge >= 0.3 is 0 Å². The van der Waals surface area contributed by atoms with E-state index in [-0.39, 0.29) is 0 Å². The fourth-order valence-electron chi connectivity index (χ4n) is 2.54. The van der Waals surface area contributed by atoms with Crippen LogP contribution in [0, 0.1) is 5.92 Å². The van der Waals surface area contributed by atoms with E-state index < -0.39 is 0 Å². The molecule has 0 spiro atoms. The minimum atomic E-state index is 0.459. The summed E-state index contributed by atoms with van der Waals surface area (Å²) in [4.78, 5) is 0. The van der Waals surface area contributed by atoms with Crippen LogP contribution in [0.25, 0.3) is 0 Å². The van der Waals surface area contributed by atoms with Crippen LogP contribution in [-0.4, -0.2) is 18.9 Å². The molecule has 0 radical (unpaired) electrons. The topological polar surface area (TPSA) is 21.3 Å². The molecule has 100 valence electrons. The molecule has 1 aromatic carbocycles. The van der Waals surface area contributed by atoms with Gasteiger partial charge in [0.1, 0.15) is 5.75 Å². The van der Waals surface area contributed by atoms with Gasteiger partial charge in [-0.15, -0.1) is 0 Å². The molecule has 0 aromatic heterocycles. The minimum Gasteiger partial charge on any atom is -0.494 e. The lowest BCUT2D eigenvalue weighted by Crippen LogP contribution is -2.27. The summed E-state index contributed by atoms with van der Waals surface area (Å²) in [5.74, 6) is 4.00. The average Bonchev–Trinajstić information content (AvgIpc) is 2.51.